The lowest BCUT2D eigenvalue weighted by Crippen LogP contribution is -2.44. The Morgan fingerprint density at radius 2 is 1.39 bits per heavy atom. The number of alkyl halides is 3. The Hall–Kier alpha value is -2.58. The Kier molecular flexibility index (Phi) is 9.06. The van der Waals surface area contributed by atoms with Crippen LogP contribution in [0.15, 0.2) is 72.8 Å². The van der Waals surface area contributed by atoms with Gasteiger partial charge in [0, 0.05) is 23.0 Å². The lowest BCUT2D eigenvalue weighted by molar-refractivity contribution is -0.179. The number of nitrogens with zero attached hydrogens (tertiary/aromatic N) is 1. The van der Waals surface area contributed by atoms with Gasteiger partial charge in [0.2, 0.25) is 0 Å². The number of aliphatic hydroxyl groups is 1. The Labute approximate surface area is 218 Å². The second kappa shape index (κ2) is 11.6. The van der Waals surface area contributed by atoms with Crippen LogP contribution >= 0.6 is 23.2 Å². The number of aliphatic hydroxyl groups excluding tert-OH is 1. The summed E-state index contributed by atoms with van der Waals surface area (Å²) in [5.41, 5.74) is 1.95. The fourth-order valence-electron chi connectivity index (χ4n) is 3.91. The maximum Gasteiger partial charge on any atom is 0.452 e. The first-order valence-corrected chi connectivity index (χ1v) is 11.9. The van der Waals surface area contributed by atoms with E-state index in [-0.39, 0.29) is 0 Å². The summed E-state index contributed by atoms with van der Waals surface area (Å²) in [6.07, 6.45) is -7.63. The monoisotopic (exact) mass is 539 g/mol. The molecule has 3 aromatic carbocycles. The molecule has 0 saturated carbocycles. The van der Waals surface area contributed by atoms with E-state index in [9.17, 15) is 23.1 Å². The molecule has 0 spiro atoms. The molecule has 0 radical (unpaired) electrons. The van der Waals surface area contributed by atoms with Gasteiger partial charge in [0.15, 0.2) is 0 Å². The van der Waals surface area contributed by atoms with Crippen molar-refractivity contribution in [1.82, 2.24) is 4.90 Å². The summed E-state index contributed by atoms with van der Waals surface area (Å²) in [7, 11) is 1.98. The minimum absolute atomic E-state index is 0.335. The van der Waals surface area contributed by atoms with Crippen molar-refractivity contribution < 1.29 is 27.8 Å². The average Bonchev–Trinajstić information content (AvgIpc) is 2.84. The number of hydrogen-bond donors (Lipinski definition) is 1. The van der Waals surface area contributed by atoms with Gasteiger partial charge in [-0.2, -0.15) is 13.2 Å². The number of carbonyl (C=O) groups is 1. The summed E-state index contributed by atoms with van der Waals surface area (Å²) in [6.45, 7) is 2.98. The van der Waals surface area contributed by atoms with Gasteiger partial charge in [-0.05, 0) is 67.1 Å². The zero-order chi connectivity index (χ0) is 26.5. The molecule has 0 aliphatic rings. The lowest BCUT2D eigenvalue weighted by atomic mass is 9.83. The Morgan fingerprint density at radius 3 is 1.83 bits per heavy atom. The molecule has 0 bridgehead atoms. The van der Waals surface area contributed by atoms with Crippen LogP contribution in [0.1, 0.15) is 23.6 Å². The molecule has 192 valence electrons. The molecule has 1 N–H and O–H groups in total. The molecular weight excluding hydrogens is 514 g/mol. The molecule has 9 heteroatoms. The number of hydrogen-bond acceptors (Lipinski definition) is 4. The number of likely N-dealkylation sites (N-methyl/N-ethyl adjacent to an activating group) is 1. The zero-order valence-corrected chi connectivity index (χ0v) is 21.2. The lowest BCUT2D eigenvalue weighted by Gasteiger charge is -2.40. The highest BCUT2D eigenvalue weighted by Crippen LogP contribution is 2.36. The van der Waals surface area contributed by atoms with Gasteiger partial charge < -0.3 is 9.84 Å². The summed E-state index contributed by atoms with van der Waals surface area (Å²) in [5, 5.41) is 10.8. The van der Waals surface area contributed by atoms with Gasteiger partial charge in [-0.3, -0.25) is 9.69 Å². The van der Waals surface area contributed by atoms with E-state index in [4.69, 9.17) is 27.9 Å². The standard InChI is InChI=1S/C27H26Cl2F3NO3/c1-26(19-5-9-21(28)10-6-19,20-7-11-22(29)12-8-20)33(2)15-16-36-23-13-3-18(4-14-23)17-24(34)25(35)27(30,31)32/h3-14,24,34H,15-17H2,1-2H3. The van der Waals surface area contributed by atoms with Crippen molar-refractivity contribution in [2.45, 2.75) is 31.2 Å². The molecule has 36 heavy (non-hydrogen) atoms. The number of ether oxygens (including phenoxy) is 1. The van der Waals surface area contributed by atoms with Gasteiger partial charge >= 0.3 is 6.18 Å². The van der Waals surface area contributed by atoms with E-state index in [2.05, 4.69) is 11.8 Å². The van der Waals surface area contributed by atoms with E-state index in [1.165, 1.54) is 12.1 Å². The van der Waals surface area contributed by atoms with E-state index in [1.807, 2.05) is 55.6 Å². The van der Waals surface area contributed by atoms with Gasteiger partial charge in [-0.25, -0.2) is 0 Å². The molecule has 3 aromatic rings. The normalized spacial score (nSPS) is 13.0. The summed E-state index contributed by atoms with van der Waals surface area (Å²) >= 11 is 12.2. The second-order valence-corrected chi connectivity index (χ2v) is 9.45. The Balaban J connectivity index is 1.66. The summed E-state index contributed by atoms with van der Waals surface area (Å²) in [6, 6.07) is 21.5. The molecular formula is C27H26Cl2F3NO3. The third-order valence-corrected chi connectivity index (χ3v) is 6.71. The molecule has 1 unspecified atom stereocenters. The SMILES string of the molecule is CN(CCOc1ccc(CC(O)C(=O)C(F)(F)F)cc1)C(C)(c1ccc(Cl)cc1)c1ccc(Cl)cc1. The minimum atomic E-state index is -5.07. The summed E-state index contributed by atoms with van der Waals surface area (Å²) in [5.74, 6) is -1.64. The van der Waals surface area contributed by atoms with E-state index in [0.717, 1.165) is 11.1 Å². The first-order chi connectivity index (χ1) is 16.9. The van der Waals surface area contributed by atoms with Crippen LogP contribution in [0, 0.1) is 0 Å². The highest BCUT2D eigenvalue weighted by atomic mass is 35.5. The smallest absolute Gasteiger partial charge is 0.452 e. The van der Waals surface area contributed by atoms with Crippen molar-refractivity contribution in [3.63, 3.8) is 0 Å². The molecule has 0 saturated heterocycles. The quantitative estimate of drug-likeness (QED) is 0.328. The van der Waals surface area contributed by atoms with Gasteiger partial charge in [-0.1, -0.05) is 59.6 Å². The van der Waals surface area contributed by atoms with E-state index in [1.54, 1.807) is 12.1 Å². The predicted octanol–water partition coefficient (Wildman–Crippen LogP) is 6.30. The third kappa shape index (κ3) is 6.79. The number of ketones is 1. The third-order valence-electron chi connectivity index (χ3n) is 6.21. The molecule has 0 aliphatic heterocycles. The first kappa shape index (κ1) is 28.0. The molecule has 0 fully saturated rings. The number of Topliss-reactive ketones (excluding diaryl/α,β-unsaturated/α-hetero) is 1. The van der Waals surface area contributed by atoms with Crippen molar-refractivity contribution in [2.24, 2.45) is 0 Å². The molecule has 4 nitrogen and oxygen atoms in total. The van der Waals surface area contributed by atoms with Crippen LogP contribution in [0.25, 0.3) is 0 Å². The number of carbonyl (C=O) groups excluding carboxylic acids is 1. The fraction of sp³-hybridized carbons (Fsp3) is 0.296. The fourth-order valence-corrected chi connectivity index (χ4v) is 4.16. The first-order valence-electron chi connectivity index (χ1n) is 11.2. The maximum absolute atomic E-state index is 12.5. The van der Waals surface area contributed by atoms with Gasteiger partial charge in [0.25, 0.3) is 5.78 Å². The van der Waals surface area contributed by atoms with Crippen LogP contribution in [0.5, 0.6) is 5.75 Å². The van der Waals surface area contributed by atoms with Crippen molar-refractivity contribution >= 4 is 29.0 Å². The van der Waals surface area contributed by atoms with Crippen LogP contribution in [-0.2, 0) is 16.8 Å². The van der Waals surface area contributed by atoms with Crippen molar-refractivity contribution in [3.05, 3.63) is 99.5 Å². The van der Waals surface area contributed by atoms with E-state index >= 15 is 0 Å². The van der Waals surface area contributed by atoms with Crippen LogP contribution in [0.4, 0.5) is 13.2 Å². The average molecular weight is 540 g/mol. The zero-order valence-electron chi connectivity index (χ0n) is 19.7. The van der Waals surface area contributed by atoms with Crippen molar-refractivity contribution in [3.8, 4) is 5.75 Å². The largest absolute Gasteiger partial charge is 0.492 e. The summed E-state index contributed by atoms with van der Waals surface area (Å²) in [4.78, 5) is 13.3. The number of rotatable bonds is 10. The predicted molar refractivity (Wildman–Crippen MR) is 135 cm³/mol. The topological polar surface area (TPSA) is 49.8 Å². The Morgan fingerprint density at radius 1 is 0.917 bits per heavy atom. The van der Waals surface area contributed by atoms with Crippen molar-refractivity contribution in [2.75, 3.05) is 20.2 Å². The van der Waals surface area contributed by atoms with Crippen LogP contribution < -0.4 is 4.74 Å². The van der Waals surface area contributed by atoms with E-state index < -0.39 is 30.0 Å². The number of benzene rings is 3. The molecule has 1 atom stereocenters. The molecule has 0 heterocycles. The van der Waals surface area contributed by atoms with E-state index in [0.29, 0.717) is 34.5 Å². The van der Waals surface area contributed by atoms with Gasteiger partial charge in [0.1, 0.15) is 18.5 Å². The summed E-state index contributed by atoms with van der Waals surface area (Å²) < 4.78 is 43.2. The molecule has 3 rings (SSSR count). The highest BCUT2D eigenvalue weighted by molar-refractivity contribution is 6.30. The highest BCUT2D eigenvalue weighted by Gasteiger charge is 2.42. The maximum atomic E-state index is 12.5. The molecule has 0 amide bonds. The van der Waals surface area contributed by atoms with Gasteiger partial charge in [-0.15, -0.1) is 0 Å². The Bertz CT molecular complexity index is 1110. The molecule has 0 aliphatic carbocycles. The van der Waals surface area contributed by atoms with Crippen LogP contribution in [0.2, 0.25) is 10.0 Å². The minimum Gasteiger partial charge on any atom is -0.492 e. The van der Waals surface area contributed by atoms with Crippen molar-refractivity contribution in [1.29, 1.82) is 0 Å². The second-order valence-electron chi connectivity index (χ2n) is 8.58. The molecule has 0 aromatic heterocycles. The van der Waals surface area contributed by atoms with Crippen LogP contribution in [-0.4, -0.2) is 48.3 Å². The number of halogens is 5. The van der Waals surface area contributed by atoms with Crippen LogP contribution in [0.3, 0.4) is 0 Å². The van der Waals surface area contributed by atoms with Gasteiger partial charge in [0.05, 0.1) is 5.54 Å².